The SMILES string of the molecule is CCCCNC(=O)[C@H](CC)N(Cc1ccc(C)cc1)C(=O)COc1ccc(C)cc1C. The van der Waals surface area contributed by atoms with Crippen LogP contribution in [0, 0.1) is 20.8 Å². The molecule has 2 rings (SSSR count). The highest BCUT2D eigenvalue weighted by Crippen LogP contribution is 2.20. The third kappa shape index (κ3) is 7.42. The molecule has 1 atom stereocenters. The van der Waals surface area contributed by atoms with E-state index in [1.165, 1.54) is 0 Å². The molecule has 168 valence electrons. The molecule has 0 saturated heterocycles. The highest BCUT2D eigenvalue weighted by Gasteiger charge is 2.28. The van der Waals surface area contributed by atoms with Crippen molar-refractivity contribution >= 4 is 11.8 Å². The van der Waals surface area contributed by atoms with Crippen LogP contribution in [-0.2, 0) is 16.1 Å². The molecule has 2 aromatic rings. The first kappa shape index (κ1) is 24.4. The van der Waals surface area contributed by atoms with Gasteiger partial charge in [-0.1, -0.05) is 67.8 Å². The molecule has 1 N–H and O–H groups in total. The zero-order valence-electron chi connectivity index (χ0n) is 19.5. The van der Waals surface area contributed by atoms with E-state index in [1.807, 2.05) is 70.2 Å². The molecule has 5 nitrogen and oxygen atoms in total. The van der Waals surface area contributed by atoms with E-state index in [4.69, 9.17) is 4.74 Å². The van der Waals surface area contributed by atoms with Crippen LogP contribution in [0.15, 0.2) is 42.5 Å². The Kier molecular flexibility index (Phi) is 9.57. The number of aryl methyl sites for hydroxylation is 3. The molecule has 0 aliphatic heterocycles. The molecular formula is C26H36N2O3. The Labute approximate surface area is 186 Å². The average Bonchev–Trinajstić information content (AvgIpc) is 2.74. The van der Waals surface area contributed by atoms with Crippen molar-refractivity contribution in [2.24, 2.45) is 0 Å². The van der Waals surface area contributed by atoms with Crippen molar-refractivity contribution in [2.45, 2.75) is 66.5 Å². The minimum Gasteiger partial charge on any atom is -0.483 e. The van der Waals surface area contributed by atoms with Gasteiger partial charge in [0.05, 0.1) is 0 Å². The van der Waals surface area contributed by atoms with Crippen LogP contribution < -0.4 is 10.1 Å². The Morgan fingerprint density at radius 2 is 1.68 bits per heavy atom. The normalized spacial score (nSPS) is 11.6. The van der Waals surface area contributed by atoms with E-state index >= 15 is 0 Å². The van der Waals surface area contributed by atoms with E-state index in [2.05, 4.69) is 12.2 Å². The lowest BCUT2D eigenvalue weighted by molar-refractivity contribution is -0.143. The van der Waals surface area contributed by atoms with Gasteiger partial charge in [0.1, 0.15) is 11.8 Å². The lowest BCUT2D eigenvalue weighted by Gasteiger charge is -2.30. The Morgan fingerprint density at radius 1 is 1.00 bits per heavy atom. The zero-order valence-corrected chi connectivity index (χ0v) is 19.5. The number of hydrogen-bond acceptors (Lipinski definition) is 3. The standard InChI is InChI=1S/C26H36N2O3/c1-6-8-15-27-26(30)23(7-2)28(17-22-12-9-19(3)10-13-22)25(29)18-31-24-14-11-20(4)16-21(24)5/h9-14,16,23H,6-8,15,17-18H2,1-5H3,(H,27,30)/t23-/m0/s1. The first-order chi connectivity index (χ1) is 14.8. The summed E-state index contributed by atoms with van der Waals surface area (Å²) in [7, 11) is 0. The van der Waals surface area contributed by atoms with Crippen molar-refractivity contribution in [1.29, 1.82) is 0 Å². The molecule has 0 bridgehead atoms. The Morgan fingerprint density at radius 3 is 2.29 bits per heavy atom. The van der Waals surface area contributed by atoms with Crippen LogP contribution in [-0.4, -0.2) is 35.9 Å². The molecule has 2 aromatic carbocycles. The minimum atomic E-state index is -0.534. The van der Waals surface area contributed by atoms with Gasteiger partial charge in [-0.15, -0.1) is 0 Å². The molecule has 0 radical (unpaired) electrons. The molecule has 2 amide bonds. The lowest BCUT2D eigenvalue weighted by Crippen LogP contribution is -2.50. The van der Waals surface area contributed by atoms with Gasteiger partial charge in [-0.2, -0.15) is 0 Å². The van der Waals surface area contributed by atoms with Gasteiger partial charge in [-0.05, 0) is 50.8 Å². The van der Waals surface area contributed by atoms with Crippen molar-refractivity contribution in [3.8, 4) is 5.75 Å². The number of carbonyl (C=O) groups is 2. The number of hydrogen-bond donors (Lipinski definition) is 1. The molecule has 0 fully saturated rings. The quantitative estimate of drug-likeness (QED) is 0.531. The minimum absolute atomic E-state index is 0.103. The van der Waals surface area contributed by atoms with Gasteiger partial charge in [-0.3, -0.25) is 9.59 Å². The Hall–Kier alpha value is -2.82. The van der Waals surface area contributed by atoms with Crippen LogP contribution in [0.4, 0.5) is 0 Å². The highest BCUT2D eigenvalue weighted by atomic mass is 16.5. The fourth-order valence-corrected chi connectivity index (χ4v) is 3.50. The van der Waals surface area contributed by atoms with Crippen LogP contribution in [0.5, 0.6) is 5.75 Å². The summed E-state index contributed by atoms with van der Waals surface area (Å²) in [6.45, 7) is 10.9. The number of ether oxygens (including phenoxy) is 1. The summed E-state index contributed by atoms with van der Waals surface area (Å²) in [5.74, 6) is 0.385. The largest absolute Gasteiger partial charge is 0.483 e. The number of amides is 2. The molecule has 0 aromatic heterocycles. The zero-order chi connectivity index (χ0) is 22.8. The van der Waals surface area contributed by atoms with Gasteiger partial charge in [0.15, 0.2) is 6.61 Å². The van der Waals surface area contributed by atoms with Crippen molar-refractivity contribution in [3.63, 3.8) is 0 Å². The van der Waals surface area contributed by atoms with Gasteiger partial charge in [0.25, 0.3) is 5.91 Å². The summed E-state index contributed by atoms with van der Waals surface area (Å²) in [6, 6.07) is 13.4. The maximum atomic E-state index is 13.2. The molecular weight excluding hydrogens is 388 g/mol. The molecule has 31 heavy (non-hydrogen) atoms. The summed E-state index contributed by atoms with van der Waals surface area (Å²) < 4.78 is 5.84. The molecule has 0 aliphatic carbocycles. The summed E-state index contributed by atoms with van der Waals surface area (Å²) in [5.41, 5.74) is 4.28. The highest BCUT2D eigenvalue weighted by molar-refractivity contribution is 5.88. The van der Waals surface area contributed by atoms with E-state index in [1.54, 1.807) is 4.90 Å². The van der Waals surface area contributed by atoms with Gasteiger partial charge in [0.2, 0.25) is 5.91 Å². The van der Waals surface area contributed by atoms with Gasteiger partial charge >= 0.3 is 0 Å². The van der Waals surface area contributed by atoms with Gasteiger partial charge < -0.3 is 15.0 Å². The van der Waals surface area contributed by atoms with E-state index < -0.39 is 6.04 Å². The number of unbranched alkanes of at least 4 members (excludes halogenated alkanes) is 1. The second-order valence-electron chi connectivity index (χ2n) is 8.13. The van der Waals surface area contributed by atoms with Crippen molar-refractivity contribution in [1.82, 2.24) is 10.2 Å². The number of carbonyl (C=O) groups excluding carboxylic acids is 2. The predicted octanol–water partition coefficient (Wildman–Crippen LogP) is 4.71. The first-order valence-corrected chi connectivity index (χ1v) is 11.2. The van der Waals surface area contributed by atoms with Crippen molar-refractivity contribution in [2.75, 3.05) is 13.2 Å². The third-order valence-corrected chi connectivity index (χ3v) is 5.37. The van der Waals surface area contributed by atoms with Crippen LogP contribution in [0.25, 0.3) is 0 Å². The van der Waals surface area contributed by atoms with Crippen LogP contribution in [0.2, 0.25) is 0 Å². The van der Waals surface area contributed by atoms with E-state index in [-0.39, 0.29) is 18.4 Å². The fourth-order valence-electron chi connectivity index (χ4n) is 3.50. The third-order valence-electron chi connectivity index (χ3n) is 5.37. The van der Waals surface area contributed by atoms with Crippen molar-refractivity contribution in [3.05, 3.63) is 64.7 Å². The van der Waals surface area contributed by atoms with E-state index in [9.17, 15) is 9.59 Å². The summed E-state index contributed by atoms with van der Waals surface area (Å²) in [4.78, 5) is 27.7. The molecule has 0 heterocycles. The summed E-state index contributed by atoms with van der Waals surface area (Å²) in [6.07, 6.45) is 2.47. The number of nitrogens with zero attached hydrogens (tertiary/aromatic N) is 1. The lowest BCUT2D eigenvalue weighted by atomic mass is 10.1. The van der Waals surface area contributed by atoms with Crippen molar-refractivity contribution < 1.29 is 14.3 Å². The average molecular weight is 425 g/mol. The van der Waals surface area contributed by atoms with E-state index in [0.717, 1.165) is 35.1 Å². The number of nitrogens with one attached hydrogen (secondary N) is 1. The van der Waals surface area contributed by atoms with Crippen LogP contribution in [0.1, 0.15) is 55.4 Å². The Bertz CT molecular complexity index is 861. The van der Waals surface area contributed by atoms with Crippen LogP contribution in [0.3, 0.4) is 0 Å². The molecule has 0 spiro atoms. The van der Waals surface area contributed by atoms with Gasteiger partial charge in [0, 0.05) is 13.1 Å². The molecule has 5 heteroatoms. The summed E-state index contributed by atoms with van der Waals surface area (Å²) >= 11 is 0. The molecule has 0 unspecified atom stereocenters. The van der Waals surface area contributed by atoms with E-state index in [0.29, 0.717) is 25.3 Å². The second-order valence-corrected chi connectivity index (χ2v) is 8.13. The maximum absolute atomic E-state index is 13.2. The molecule has 0 aliphatic rings. The smallest absolute Gasteiger partial charge is 0.261 e. The number of rotatable bonds is 11. The summed E-state index contributed by atoms with van der Waals surface area (Å²) in [5, 5.41) is 2.98. The fraction of sp³-hybridized carbons (Fsp3) is 0.462. The predicted molar refractivity (Wildman–Crippen MR) is 125 cm³/mol. The molecule has 0 saturated carbocycles. The number of benzene rings is 2. The maximum Gasteiger partial charge on any atom is 0.261 e. The monoisotopic (exact) mass is 424 g/mol. The van der Waals surface area contributed by atoms with Gasteiger partial charge in [-0.25, -0.2) is 0 Å². The van der Waals surface area contributed by atoms with Crippen LogP contribution >= 0.6 is 0 Å². The Balaban J connectivity index is 2.18. The second kappa shape index (κ2) is 12.1. The first-order valence-electron chi connectivity index (χ1n) is 11.2. The topological polar surface area (TPSA) is 58.6 Å².